The highest BCUT2D eigenvalue weighted by molar-refractivity contribution is 5.44. The first kappa shape index (κ1) is 8.05. The van der Waals surface area contributed by atoms with Crippen LogP contribution in [0.2, 0.25) is 0 Å². The molecular formula is C14H14. The summed E-state index contributed by atoms with van der Waals surface area (Å²) in [5, 5.41) is 0. The average molecular weight is 182 g/mol. The van der Waals surface area contributed by atoms with Gasteiger partial charge >= 0.3 is 0 Å². The number of benzene rings is 1. The fraction of sp³-hybridized carbons (Fsp3) is 0.286. The van der Waals surface area contributed by atoms with E-state index < -0.39 is 0 Å². The second kappa shape index (κ2) is 2.84. The lowest BCUT2D eigenvalue weighted by Crippen LogP contribution is -2.04. The molecular weight excluding hydrogens is 168 g/mol. The minimum atomic E-state index is 0.648. The highest BCUT2D eigenvalue weighted by atomic mass is 14.3. The van der Waals surface area contributed by atoms with Crippen molar-refractivity contribution in [3.63, 3.8) is 0 Å². The summed E-state index contributed by atoms with van der Waals surface area (Å²) < 4.78 is 0. The smallest absolute Gasteiger partial charge is 0.00900 e. The van der Waals surface area contributed by atoms with Gasteiger partial charge in [0.15, 0.2) is 0 Å². The molecule has 0 fully saturated rings. The van der Waals surface area contributed by atoms with Crippen molar-refractivity contribution < 1.29 is 0 Å². The zero-order valence-electron chi connectivity index (χ0n) is 8.40. The molecule has 0 nitrogen and oxygen atoms in total. The molecule has 14 heavy (non-hydrogen) atoms. The maximum Gasteiger partial charge on any atom is 0.00900 e. The molecule has 0 heterocycles. The third kappa shape index (κ3) is 1.07. The van der Waals surface area contributed by atoms with Crippen LogP contribution < -0.4 is 0 Å². The summed E-state index contributed by atoms with van der Waals surface area (Å²) in [5.74, 6) is 1.37. The van der Waals surface area contributed by atoms with Gasteiger partial charge in [0.05, 0.1) is 0 Å². The van der Waals surface area contributed by atoms with E-state index in [1.165, 1.54) is 12.0 Å². The molecule has 0 spiro atoms. The van der Waals surface area contributed by atoms with Crippen LogP contribution in [0.25, 0.3) is 0 Å². The Bertz CT molecular complexity index is 424. The Balaban J connectivity index is 2.12. The first-order chi connectivity index (χ1) is 6.84. The van der Waals surface area contributed by atoms with Gasteiger partial charge in [0.25, 0.3) is 0 Å². The molecule has 2 aliphatic carbocycles. The standard InChI is InChI=1S/C14H14/c1-10-6-7-12-9-11-4-2-3-5-13(11)14(12)8-10/h2-8,11,13H,9H2,1H3. The molecule has 0 N–H and O–H groups in total. The summed E-state index contributed by atoms with van der Waals surface area (Å²) in [6.45, 7) is 2.18. The Morgan fingerprint density at radius 1 is 1.14 bits per heavy atom. The van der Waals surface area contributed by atoms with Crippen molar-refractivity contribution in [3.05, 3.63) is 59.2 Å². The van der Waals surface area contributed by atoms with Gasteiger partial charge < -0.3 is 0 Å². The number of hydrogen-bond acceptors (Lipinski definition) is 0. The average Bonchev–Trinajstić information content (AvgIpc) is 2.56. The summed E-state index contributed by atoms with van der Waals surface area (Å²) in [6.07, 6.45) is 10.3. The van der Waals surface area contributed by atoms with Crippen LogP contribution in [0.5, 0.6) is 0 Å². The van der Waals surface area contributed by atoms with Crippen LogP contribution in [0, 0.1) is 12.8 Å². The molecule has 1 aromatic rings. The van der Waals surface area contributed by atoms with Crippen molar-refractivity contribution in [2.75, 3.05) is 0 Å². The Labute approximate surface area is 85.0 Å². The quantitative estimate of drug-likeness (QED) is 0.577. The molecule has 2 aliphatic rings. The van der Waals surface area contributed by atoms with Crippen molar-refractivity contribution in [2.24, 2.45) is 5.92 Å². The molecule has 70 valence electrons. The first-order valence-corrected chi connectivity index (χ1v) is 5.29. The second-order valence-electron chi connectivity index (χ2n) is 4.37. The molecule has 2 unspecified atom stereocenters. The fourth-order valence-corrected chi connectivity index (χ4v) is 2.65. The summed E-state index contributed by atoms with van der Waals surface area (Å²) in [7, 11) is 0. The summed E-state index contributed by atoms with van der Waals surface area (Å²) >= 11 is 0. The van der Waals surface area contributed by atoms with Gasteiger partial charge in [0.2, 0.25) is 0 Å². The van der Waals surface area contributed by atoms with E-state index in [1.807, 2.05) is 0 Å². The molecule has 0 radical (unpaired) electrons. The first-order valence-electron chi connectivity index (χ1n) is 5.29. The molecule has 2 atom stereocenters. The van der Waals surface area contributed by atoms with E-state index >= 15 is 0 Å². The highest BCUT2D eigenvalue weighted by Crippen LogP contribution is 2.41. The molecule has 3 rings (SSSR count). The van der Waals surface area contributed by atoms with Gasteiger partial charge in [-0.05, 0) is 30.4 Å². The van der Waals surface area contributed by atoms with Crippen LogP contribution in [0.3, 0.4) is 0 Å². The topological polar surface area (TPSA) is 0 Å². The van der Waals surface area contributed by atoms with E-state index in [0.717, 1.165) is 5.92 Å². The summed E-state index contributed by atoms with van der Waals surface area (Å²) in [6, 6.07) is 6.87. The number of fused-ring (bicyclic) bond motifs is 3. The Morgan fingerprint density at radius 2 is 2.00 bits per heavy atom. The van der Waals surface area contributed by atoms with Crippen molar-refractivity contribution in [3.8, 4) is 0 Å². The minimum absolute atomic E-state index is 0.648. The number of hydrogen-bond donors (Lipinski definition) is 0. The molecule has 0 saturated carbocycles. The van der Waals surface area contributed by atoms with Crippen molar-refractivity contribution in [1.82, 2.24) is 0 Å². The van der Waals surface area contributed by atoms with Crippen LogP contribution in [-0.4, -0.2) is 0 Å². The van der Waals surface area contributed by atoms with Crippen LogP contribution in [0.4, 0.5) is 0 Å². The Morgan fingerprint density at radius 3 is 2.93 bits per heavy atom. The van der Waals surface area contributed by atoms with Crippen LogP contribution in [-0.2, 0) is 6.42 Å². The Kier molecular flexibility index (Phi) is 1.63. The van der Waals surface area contributed by atoms with Gasteiger partial charge in [-0.25, -0.2) is 0 Å². The second-order valence-corrected chi connectivity index (χ2v) is 4.37. The Hall–Kier alpha value is -1.30. The van der Waals surface area contributed by atoms with Gasteiger partial charge in [-0.3, -0.25) is 0 Å². The maximum atomic E-state index is 2.35. The third-order valence-corrected chi connectivity index (χ3v) is 3.37. The van der Waals surface area contributed by atoms with Gasteiger partial charge in [0, 0.05) is 5.92 Å². The normalized spacial score (nSPS) is 27.5. The van der Waals surface area contributed by atoms with Crippen molar-refractivity contribution in [2.45, 2.75) is 19.3 Å². The molecule has 0 heteroatoms. The van der Waals surface area contributed by atoms with Crippen LogP contribution >= 0.6 is 0 Å². The number of rotatable bonds is 0. The predicted molar refractivity (Wildman–Crippen MR) is 59.4 cm³/mol. The van der Waals surface area contributed by atoms with Gasteiger partial charge in [-0.1, -0.05) is 48.1 Å². The fourth-order valence-electron chi connectivity index (χ4n) is 2.65. The third-order valence-electron chi connectivity index (χ3n) is 3.37. The molecule has 0 saturated heterocycles. The van der Waals surface area contributed by atoms with Crippen molar-refractivity contribution >= 4 is 0 Å². The van der Waals surface area contributed by atoms with Gasteiger partial charge in [0.1, 0.15) is 0 Å². The maximum absolute atomic E-state index is 2.35. The zero-order valence-corrected chi connectivity index (χ0v) is 8.40. The van der Waals surface area contributed by atoms with E-state index in [-0.39, 0.29) is 0 Å². The highest BCUT2D eigenvalue weighted by Gasteiger charge is 2.29. The zero-order chi connectivity index (χ0) is 9.54. The predicted octanol–water partition coefficient (Wildman–Crippen LogP) is 3.38. The molecule has 0 amide bonds. The van der Waals surface area contributed by atoms with Gasteiger partial charge in [-0.2, -0.15) is 0 Å². The molecule has 0 aliphatic heterocycles. The summed E-state index contributed by atoms with van der Waals surface area (Å²) in [5.41, 5.74) is 4.48. The van der Waals surface area contributed by atoms with Crippen LogP contribution in [0.1, 0.15) is 22.6 Å². The van der Waals surface area contributed by atoms with E-state index in [2.05, 4.69) is 49.4 Å². The minimum Gasteiger partial charge on any atom is -0.0802 e. The van der Waals surface area contributed by atoms with E-state index in [1.54, 1.807) is 11.1 Å². The van der Waals surface area contributed by atoms with E-state index in [0.29, 0.717) is 5.92 Å². The summed E-state index contributed by atoms with van der Waals surface area (Å²) in [4.78, 5) is 0. The van der Waals surface area contributed by atoms with E-state index in [9.17, 15) is 0 Å². The largest absolute Gasteiger partial charge is 0.0802 e. The lowest BCUT2D eigenvalue weighted by molar-refractivity contribution is 0.630. The lowest BCUT2D eigenvalue weighted by Gasteiger charge is -2.15. The monoisotopic (exact) mass is 182 g/mol. The number of aryl methyl sites for hydroxylation is 1. The van der Waals surface area contributed by atoms with Gasteiger partial charge in [-0.15, -0.1) is 0 Å². The van der Waals surface area contributed by atoms with Crippen LogP contribution in [0.15, 0.2) is 42.5 Å². The van der Waals surface area contributed by atoms with E-state index in [4.69, 9.17) is 0 Å². The molecule has 0 bridgehead atoms. The molecule has 0 aromatic heterocycles. The lowest BCUT2D eigenvalue weighted by atomic mass is 9.89. The van der Waals surface area contributed by atoms with Crippen molar-refractivity contribution in [1.29, 1.82) is 0 Å². The molecule has 1 aromatic carbocycles. The SMILES string of the molecule is Cc1ccc2c(c1)C1C=CC=CC1C2. The number of allylic oxidation sites excluding steroid dienone is 4.